The number of phenols is 1. The molecule has 2 aromatic heterocycles. The maximum atomic E-state index is 13.6. The standard InChI is InChI=1S/C29H33NO6/c1-16-10-11-21(36-16)25(32)22-23(30(27(34)26(22)33)15-18-9-8-12-35-18)17-13-19(28(2,3)4)24(31)20(14-17)29(5,6)7/h8-14,23,31,33H,15H2,1-7H3. The van der Waals surface area contributed by atoms with E-state index in [2.05, 4.69) is 0 Å². The molecular formula is C29H33NO6. The molecule has 0 saturated carbocycles. The minimum atomic E-state index is -0.914. The number of aliphatic hydroxyl groups is 1. The van der Waals surface area contributed by atoms with Gasteiger partial charge < -0.3 is 23.9 Å². The SMILES string of the molecule is Cc1ccc(C(=O)C2=C(O)C(=O)N(Cc3ccco3)C2c2cc(C(C)(C)C)c(O)c(C(C)(C)C)c2)o1. The normalized spacial score (nSPS) is 16.8. The van der Waals surface area contributed by atoms with Gasteiger partial charge >= 0.3 is 0 Å². The highest BCUT2D eigenvalue weighted by Gasteiger charge is 2.45. The summed E-state index contributed by atoms with van der Waals surface area (Å²) in [5, 5.41) is 22.2. The quantitative estimate of drug-likeness (QED) is 0.408. The van der Waals surface area contributed by atoms with Crippen molar-refractivity contribution in [3.63, 3.8) is 0 Å². The van der Waals surface area contributed by atoms with E-state index in [0.717, 1.165) is 0 Å². The predicted octanol–water partition coefficient (Wildman–Crippen LogP) is 6.26. The zero-order chi connectivity index (χ0) is 26.6. The van der Waals surface area contributed by atoms with Crippen molar-refractivity contribution in [2.45, 2.75) is 71.9 Å². The number of nitrogens with zero attached hydrogens (tertiary/aromatic N) is 1. The lowest BCUT2D eigenvalue weighted by Crippen LogP contribution is -2.31. The highest BCUT2D eigenvalue weighted by Crippen LogP contribution is 2.46. The van der Waals surface area contributed by atoms with Crippen molar-refractivity contribution in [2.24, 2.45) is 0 Å². The smallest absolute Gasteiger partial charge is 0.290 e. The van der Waals surface area contributed by atoms with Crippen molar-refractivity contribution in [3.8, 4) is 5.75 Å². The molecule has 1 aliphatic rings. The molecule has 7 heteroatoms. The maximum absolute atomic E-state index is 13.6. The molecule has 0 bridgehead atoms. The number of Topliss-reactive ketones (excluding diaryl/α,β-unsaturated/α-hetero) is 1. The second kappa shape index (κ2) is 8.73. The fraction of sp³-hybridized carbons (Fsp3) is 0.379. The second-order valence-corrected chi connectivity index (χ2v) is 11.4. The number of carbonyl (C=O) groups is 2. The van der Waals surface area contributed by atoms with Crippen LogP contribution in [0.15, 0.2) is 62.8 Å². The topological polar surface area (TPSA) is 104 Å². The predicted molar refractivity (Wildman–Crippen MR) is 135 cm³/mol. The third kappa shape index (κ3) is 4.45. The molecule has 190 valence electrons. The first kappa shape index (κ1) is 25.4. The summed E-state index contributed by atoms with van der Waals surface area (Å²) in [5.74, 6) is -0.584. The van der Waals surface area contributed by atoms with Crippen LogP contribution in [-0.4, -0.2) is 26.8 Å². The van der Waals surface area contributed by atoms with E-state index in [-0.39, 0.29) is 23.6 Å². The van der Waals surface area contributed by atoms with Crippen LogP contribution in [0.5, 0.6) is 5.75 Å². The van der Waals surface area contributed by atoms with Crippen molar-refractivity contribution in [2.75, 3.05) is 0 Å². The molecule has 2 N–H and O–H groups in total. The molecule has 36 heavy (non-hydrogen) atoms. The number of aromatic hydroxyl groups is 1. The van der Waals surface area contributed by atoms with E-state index >= 15 is 0 Å². The van der Waals surface area contributed by atoms with Crippen LogP contribution in [0.1, 0.15) is 86.3 Å². The number of aliphatic hydroxyl groups excluding tert-OH is 1. The zero-order valence-electron chi connectivity index (χ0n) is 21.8. The van der Waals surface area contributed by atoms with Crippen molar-refractivity contribution in [1.29, 1.82) is 0 Å². The largest absolute Gasteiger partial charge is 0.507 e. The van der Waals surface area contributed by atoms with Crippen molar-refractivity contribution >= 4 is 11.7 Å². The molecule has 1 atom stereocenters. The Morgan fingerprint density at radius 3 is 2.08 bits per heavy atom. The molecule has 1 unspecified atom stereocenters. The van der Waals surface area contributed by atoms with E-state index in [1.165, 1.54) is 17.2 Å². The lowest BCUT2D eigenvalue weighted by molar-refractivity contribution is -0.130. The van der Waals surface area contributed by atoms with Gasteiger partial charge in [0, 0.05) is 0 Å². The van der Waals surface area contributed by atoms with Crippen LogP contribution < -0.4 is 0 Å². The Kier molecular flexibility index (Phi) is 6.15. The van der Waals surface area contributed by atoms with Crippen LogP contribution in [-0.2, 0) is 22.2 Å². The molecule has 1 aliphatic heterocycles. The molecule has 1 amide bonds. The number of hydrogen-bond donors (Lipinski definition) is 2. The highest BCUT2D eigenvalue weighted by molar-refractivity contribution is 6.15. The molecule has 0 aliphatic carbocycles. The number of ketones is 1. The van der Waals surface area contributed by atoms with E-state index in [9.17, 15) is 19.8 Å². The molecule has 7 nitrogen and oxygen atoms in total. The van der Waals surface area contributed by atoms with E-state index < -0.39 is 34.3 Å². The summed E-state index contributed by atoms with van der Waals surface area (Å²) in [7, 11) is 0. The Hall–Kier alpha value is -3.74. The average Bonchev–Trinajstić information content (AvgIpc) is 3.49. The highest BCUT2D eigenvalue weighted by atomic mass is 16.3. The Labute approximate surface area is 211 Å². The molecular weight excluding hydrogens is 458 g/mol. The van der Waals surface area contributed by atoms with Gasteiger partial charge in [0.15, 0.2) is 11.5 Å². The van der Waals surface area contributed by atoms with Crippen LogP contribution in [0.25, 0.3) is 0 Å². The van der Waals surface area contributed by atoms with Crippen molar-refractivity contribution in [1.82, 2.24) is 4.90 Å². The van der Waals surface area contributed by atoms with Crippen LogP contribution in [0, 0.1) is 6.92 Å². The van der Waals surface area contributed by atoms with Gasteiger partial charge in [-0.2, -0.15) is 0 Å². The number of amides is 1. The van der Waals surface area contributed by atoms with E-state index in [1.807, 2.05) is 53.7 Å². The Bertz CT molecular complexity index is 1310. The number of benzene rings is 1. The van der Waals surface area contributed by atoms with E-state index in [4.69, 9.17) is 8.83 Å². The van der Waals surface area contributed by atoms with Gasteiger partial charge in [0.05, 0.1) is 24.4 Å². The number of phenolic OH excluding ortho intramolecular Hbond substituents is 1. The molecule has 0 fully saturated rings. The molecule has 3 aromatic rings. The van der Waals surface area contributed by atoms with Crippen LogP contribution in [0.3, 0.4) is 0 Å². The van der Waals surface area contributed by atoms with E-state index in [1.54, 1.807) is 25.1 Å². The van der Waals surface area contributed by atoms with Gasteiger partial charge in [-0.25, -0.2) is 0 Å². The van der Waals surface area contributed by atoms with Crippen LogP contribution in [0.4, 0.5) is 0 Å². The Morgan fingerprint density at radius 2 is 1.61 bits per heavy atom. The van der Waals surface area contributed by atoms with Gasteiger partial charge in [0.2, 0.25) is 5.78 Å². The van der Waals surface area contributed by atoms with Gasteiger partial charge in [0.1, 0.15) is 17.3 Å². The zero-order valence-corrected chi connectivity index (χ0v) is 21.8. The number of carbonyl (C=O) groups excluding carboxylic acids is 2. The summed E-state index contributed by atoms with van der Waals surface area (Å²) in [5.41, 5.74) is 1.06. The lowest BCUT2D eigenvalue weighted by Gasteiger charge is -2.32. The van der Waals surface area contributed by atoms with Gasteiger partial charge in [-0.15, -0.1) is 0 Å². The van der Waals surface area contributed by atoms with Gasteiger partial charge in [-0.05, 0) is 70.8 Å². The number of aryl methyl sites for hydroxylation is 1. The molecule has 0 spiro atoms. The summed E-state index contributed by atoms with van der Waals surface area (Å²) in [6.07, 6.45) is 1.51. The van der Waals surface area contributed by atoms with Crippen LogP contribution in [0.2, 0.25) is 0 Å². The third-order valence-electron chi connectivity index (χ3n) is 6.48. The summed E-state index contributed by atoms with van der Waals surface area (Å²) >= 11 is 0. The summed E-state index contributed by atoms with van der Waals surface area (Å²) in [4.78, 5) is 28.4. The number of hydrogen-bond acceptors (Lipinski definition) is 6. The number of rotatable bonds is 5. The third-order valence-corrected chi connectivity index (χ3v) is 6.48. The first-order chi connectivity index (χ1) is 16.7. The molecule has 0 radical (unpaired) electrons. The average molecular weight is 492 g/mol. The van der Waals surface area contributed by atoms with Crippen molar-refractivity contribution < 1.29 is 28.6 Å². The van der Waals surface area contributed by atoms with Gasteiger partial charge in [-0.3, -0.25) is 9.59 Å². The Balaban J connectivity index is 1.96. The monoisotopic (exact) mass is 491 g/mol. The minimum absolute atomic E-state index is 0.0394. The van der Waals surface area contributed by atoms with Gasteiger partial charge in [0.25, 0.3) is 5.91 Å². The summed E-state index contributed by atoms with van der Waals surface area (Å²) in [6.45, 7) is 13.7. The molecule has 3 heterocycles. The Morgan fingerprint density at radius 1 is 1.00 bits per heavy atom. The van der Waals surface area contributed by atoms with Gasteiger partial charge in [-0.1, -0.05) is 41.5 Å². The van der Waals surface area contributed by atoms with Crippen LogP contribution >= 0.6 is 0 Å². The summed E-state index contributed by atoms with van der Waals surface area (Å²) < 4.78 is 11.0. The fourth-order valence-electron chi connectivity index (χ4n) is 4.61. The molecule has 0 saturated heterocycles. The molecule has 1 aromatic carbocycles. The number of furan rings is 2. The summed E-state index contributed by atoms with van der Waals surface area (Å²) in [6, 6.07) is 9.36. The fourth-order valence-corrected chi connectivity index (χ4v) is 4.61. The molecule has 4 rings (SSSR count). The lowest BCUT2D eigenvalue weighted by atomic mass is 9.77. The minimum Gasteiger partial charge on any atom is -0.507 e. The van der Waals surface area contributed by atoms with Crippen molar-refractivity contribution in [3.05, 3.63) is 88.0 Å². The first-order valence-electron chi connectivity index (χ1n) is 12.0. The van der Waals surface area contributed by atoms with E-state index in [0.29, 0.717) is 28.2 Å². The maximum Gasteiger partial charge on any atom is 0.290 e. The first-order valence-corrected chi connectivity index (χ1v) is 12.0. The second-order valence-electron chi connectivity index (χ2n) is 11.4.